The number of nitrogens with two attached hydrogens (primary N) is 1. The number of carbonyl (C=O) groups is 2. The molecule has 16 heteroatoms. The predicted molar refractivity (Wildman–Crippen MR) is 170 cm³/mol. The Morgan fingerprint density at radius 3 is 2.50 bits per heavy atom. The average molecular weight is 676 g/mol. The van der Waals surface area contributed by atoms with E-state index in [1.807, 2.05) is 0 Å². The van der Waals surface area contributed by atoms with E-state index < -0.39 is 48.0 Å². The Hall–Kier alpha value is -5.96. The van der Waals surface area contributed by atoms with E-state index in [2.05, 4.69) is 15.1 Å². The second kappa shape index (κ2) is 12.7. The van der Waals surface area contributed by atoms with Gasteiger partial charge in [-0.2, -0.15) is 9.49 Å². The molecule has 3 aromatic carbocycles. The third kappa shape index (κ3) is 5.64. The summed E-state index contributed by atoms with van der Waals surface area (Å²) in [5.41, 5.74) is 5.95. The standard InChI is InChI=1S/C32H24ClF2N7O6/c1-15(42-31-25(29(36)37-14-38-31)28(40-42)18-8-9-21(47-2)27(35)26(18)34)30-39-20-13-17(48-23(45)11-10-22(43)44)12-19(33)24(20)32(46)41(30)16-6-4-3-5-7-16/h3-9,12-15H,10-11H2,1-2H3,(H,43,44)(H2,36,37,38)/t15-/m0/s1. The molecule has 0 aliphatic carbocycles. The van der Waals surface area contributed by atoms with E-state index in [1.54, 1.807) is 37.3 Å². The Bertz CT molecular complexity index is 2310. The Balaban J connectivity index is 1.58. The maximum absolute atomic E-state index is 15.4. The number of anilines is 1. The van der Waals surface area contributed by atoms with Crippen LogP contribution in [0.2, 0.25) is 5.02 Å². The Labute approximate surface area is 274 Å². The van der Waals surface area contributed by atoms with Gasteiger partial charge in [0.05, 0.1) is 47.0 Å². The van der Waals surface area contributed by atoms with Crippen molar-refractivity contribution in [1.29, 1.82) is 0 Å². The number of fused-ring (bicyclic) bond motifs is 2. The number of carboxylic acid groups (broad SMARTS) is 1. The van der Waals surface area contributed by atoms with Crippen LogP contribution in [0.15, 0.2) is 65.7 Å². The Morgan fingerprint density at radius 2 is 1.79 bits per heavy atom. The van der Waals surface area contributed by atoms with Gasteiger partial charge in [-0.25, -0.2) is 24.0 Å². The smallest absolute Gasteiger partial charge is 0.311 e. The van der Waals surface area contributed by atoms with Gasteiger partial charge in [0.1, 0.15) is 35.5 Å². The first-order chi connectivity index (χ1) is 23.0. The number of hydrogen-bond acceptors (Lipinski definition) is 10. The first kappa shape index (κ1) is 32.0. The van der Waals surface area contributed by atoms with Crippen LogP contribution in [0.1, 0.15) is 31.6 Å². The van der Waals surface area contributed by atoms with Crippen molar-refractivity contribution < 1.29 is 33.0 Å². The zero-order chi connectivity index (χ0) is 34.3. The van der Waals surface area contributed by atoms with Crippen molar-refractivity contribution in [1.82, 2.24) is 29.3 Å². The number of aromatic nitrogens is 6. The second-order valence-corrected chi connectivity index (χ2v) is 10.9. The molecule has 0 spiro atoms. The summed E-state index contributed by atoms with van der Waals surface area (Å²) in [6, 6.07) is 12.8. The summed E-state index contributed by atoms with van der Waals surface area (Å²) in [5, 5.41) is 13.6. The lowest BCUT2D eigenvalue weighted by Gasteiger charge is -2.20. The van der Waals surface area contributed by atoms with Crippen LogP contribution in [0.5, 0.6) is 11.5 Å². The number of nitrogen functional groups attached to an aromatic ring is 1. The molecule has 0 saturated heterocycles. The summed E-state index contributed by atoms with van der Waals surface area (Å²) in [6.07, 6.45) is 0.345. The largest absolute Gasteiger partial charge is 0.494 e. The zero-order valence-corrected chi connectivity index (χ0v) is 25.9. The highest BCUT2D eigenvalue weighted by molar-refractivity contribution is 6.35. The molecule has 0 amide bonds. The van der Waals surface area contributed by atoms with Crippen molar-refractivity contribution in [3.63, 3.8) is 0 Å². The molecule has 6 aromatic rings. The van der Waals surface area contributed by atoms with Crippen LogP contribution in [0.25, 0.3) is 38.9 Å². The topological polar surface area (TPSA) is 177 Å². The fraction of sp³-hybridized carbons (Fsp3) is 0.156. The number of hydrogen-bond donors (Lipinski definition) is 2. The summed E-state index contributed by atoms with van der Waals surface area (Å²) in [4.78, 5) is 50.5. The molecule has 0 unspecified atom stereocenters. The summed E-state index contributed by atoms with van der Waals surface area (Å²) >= 11 is 6.54. The minimum Gasteiger partial charge on any atom is -0.494 e. The van der Waals surface area contributed by atoms with Crippen LogP contribution in [-0.4, -0.2) is 53.5 Å². The highest BCUT2D eigenvalue weighted by Crippen LogP contribution is 2.37. The fourth-order valence-electron chi connectivity index (χ4n) is 5.25. The van der Waals surface area contributed by atoms with Crippen LogP contribution in [0.3, 0.4) is 0 Å². The number of aliphatic carboxylic acids is 1. The third-order valence-corrected chi connectivity index (χ3v) is 7.79. The molecule has 0 bridgehead atoms. The maximum atomic E-state index is 15.4. The summed E-state index contributed by atoms with van der Waals surface area (Å²) in [5.74, 6) is -4.78. The zero-order valence-electron chi connectivity index (χ0n) is 25.1. The van der Waals surface area contributed by atoms with E-state index in [1.165, 1.54) is 47.0 Å². The summed E-state index contributed by atoms with van der Waals surface area (Å²) in [7, 11) is 1.21. The monoisotopic (exact) mass is 675 g/mol. The van der Waals surface area contributed by atoms with E-state index in [0.717, 1.165) is 0 Å². The van der Waals surface area contributed by atoms with E-state index >= 15 is 4.39 Å². The molecule has 1 atom stereocenters. The molecule has 0 aliphatic heterocycles. The fourth-order valence-corrected chi connectivity index (χ4v) is 5.54. The minimum absolute atomic E-state index is 0.00941. The van der Waals surface area contributed by atoms with Gasteiger partial charge in [-0.15, -0.1) is 0 Å². The third-order valence-electron chi connectivity index (χ3n) is 7.49. The normalized spacial score (nSPS) is 11.9. The van der Waals surface area contributed by atoms with Crippen molar-refractivity contribution in [2.45, 2.75) is 25.8 Å². The minimum atomic E-state index is -1.23. The average Bonchev–Trinajstić information content (AvgIpc) is 3.45. The molecule has 0 saturated carbocycles. The van der Waals surface area contributed by atoms with Gasteiger partial charge in [0.2, 0.25) is 5.82 Å². The molecular weight excluding hydrogens is 652 g/mol. The van der Waals surface area contributed by atoms with Gasteiger partial charge in [-0.3, -0.25) is 19.0 Å². The lowest BCUT2D eigenvalue weighted by molar-refractivity contribution is -0.142. The molecule has 244 valence electrons. The molecule has 13 nitrogen and oxygen atoms in total. The molecule has 0 fully saturated rings. The first-order valence-corrected chi connectivity index (χ1v) is 14.6. The van der Waals surface area contributed by atoms with Crippen LogP contribution in [-0.2, 0) is 9.59 Å². The van der Waals surface area contributed by atoms with Crippen LogP contribution in [0, 0.1) is 11.6 Å². The SMILES string of the molecule is COc1ccc(-c2nn([C@@H](C)c3nc4cc(OC(=O)CCC(=O)O)cc(Cl)c4c(=O)n3-c3ccccc3)c3ncnc(N)c23)c(F)c1F. The van der Waals surface area contributed by atoms with E-state index in [9.17, 15) is 18.8 Å². The van der Waals surface area contributed by atoms with Crippen molar-refractivity contribution in [2.24, 2.45) is 0 Å². The van der Waals surface area contributed by atoms with Gasteiger partial charge in [0, 0.05) is 17.7 Å². The number of nitrogens with zero attached hydrogens (tertiary/aromatic N) is 6. The van der Waals surface area contributed by atoms with Crippen molar-refractivity contribution >= 4 is 51.3 Å². The Morgan fingerprint density at radius 1 is 1.04 bits per heavy atom. The highest BCUT2D eigenvalue weighted by Gasteiger charge is 2.28. The number of carboxylic acids is 1. The molecule has 48 heavy (non-hydrogen) atoms. The van der Waals surface area contributed by atoms with Crippen molar-refractivity contribution in [2.75, 3.05) is 12.8 Å². The number of esters is 1. The van der Waals surface area contributed by atoms with Gasteiger partial charge in [-0.1, -0.05) is 29.8 Å². The molecule has 3 heterocycles. The molecule has 3 aromatic heterocycles. The van der Waals surface area contributed by atoms with Gasteiger partial charge < -0.3 is 20.3 Å². The van der Waals surface area contributed by atoms with Crippen molar-refractivity contribution in [3.05, 3.63) is 93.8 Å². The van der Waals surface area contributed by atoms with E-state index in [4.69, 9.17) is 36.9 Å². The number of methoxy groups -OCH3 is 1. The Kier molecular flexibility index (Phi) is 8.45. The van der Waals surface area contributed by atoms with Crippen LogP contribution in [0.4, 0.5) is 14.6 Å². The van der Waals surface area contributed by atoms with E-state index in [0.29, 0.717) is 5.69 Å². The summed E-state index contributed by atoms with van der Waals surface area (Å²) < 4.78 is 43.1. The van der Waals surface area contributed by atoms with Gasteiger partial charge >= 0.3 is 11.9 Å². The summed E-state index contributed by atoms with van der Waals surface area (Å²) in [6.45, 7) is 1.66. The van der Waals surface area contributed by atoms with Gasteiger partial charge in [0.15, 0.2) is 17.2 Å². The number of ether oxygens (including phenoxy) is 2. The molecule has 3 N–H and O–H groups in total. The molecular formula is C32H24ClF2N7O6. The first-order valence-electron chi connectivity index (χ1n) is 14.2. The van der Waals surface area contributed by atoms with E-state index in [-0.39, 0.29) is 61.4 Å². The van der Waals surface area contributed by atoms with Crippen molar-refractivity contribution in [3.8, 4) is 28.4 Å². The van der Waals surface area contributed by atoms with Gasteiger partial charge in [-0.05, 0) is 31.2 Å². The lowest BCUT2D eigenvalue weighted by Crippen LogP contribution is -2.28. The van der Waals surface area contributed by atoms with Crippen LogP contribution >= 0.6 is 11.6 Å². The number of halogens is 3. The molecule has 0 radical (unpaired) electrons. The quantitative estimate of drug-likeness (QED) is 0.154. The predicted octanol–water partition coefficient (Wildman–Crippen LogP) is 5.09. The highest BCUT2D eigenvalue weighted by atomic mass is 35.5. The second-order valence-electron chi connectivity index (χ2n) is 10.5. The maximum Gasteiger partial charge on any atom is 0.311 e. The van der Waals surface area contributed by atoms with Crippen LogP contribution < -0.4 is 20.8 Å². The molecule has 0 aliphatic rings. The number of benzene rings is 3. The lowest BCUT2D eigenvalue weighted by atomic mass is 10.1. The number of carbonyl (C=O) groups excluding carboxylic acids is 1. The van der Waals surface area contributed by atoms with Gasteiger partial charge in [0.25, 0.3) is 5.56 Å². The number of rotatable bonds is 9. The number of para-hydroxylation sites is 1. The molecule has 6 rings (SSSR count).